The molecule has 1 aromatic heterocycles. The number of aromatic nitrogens is 1. The van der Waals surface area contributed by atoms with Crippen LogP contribution in [0.15, 0.2) is 24.3 Å². The minimum Gasteiger partial charge on any atom is -0.481 e. The van der Waals surface area contributed by atoms with Gasteiger partial charge in [0.25, 0.3) is 0 Å². The molecule has 0 fully saturated rings. The van der Waals surface area contributed by atoms with Crippen LogP contribution in [0.25, 0.3) is 0 Å². The molecule has 0 saturated heterocycles. The number of aryl methyl sites for hydroxylation is 1. The molecule has 19 heavy (non-hydrogen) atoms. The van der Waals surface area contributed by atoms with Gasteiger partial charge in [-0.2, -0.15) is 0 Å². The fourth-order valence-corrected chi connectivity index (χ4v) is 2.77. The number of halogens is 1. The molecule has 1 heterocycles. The second-order valence-corrected chi connectivity index (χ2v) is 5.53. The molecule has 0 bridgehead atoms. The fraction of sp³-hybridized carbons (Fsp3) is 0.231. The summed E-state index contributed by atoms with van der Waals surface area (Å²) in [5.74, 6) is -0.843. The Morgan fingerprint density at radius 1 is 1.47 bits per heavy atom. The van der Waals surface area contributed by atoms with E-state index < -0.39 is 5.97 Å². The average Bonchev–Trinajstić information content (AvgIpc) is 2.68. The number of aliphatic carboxylic acids is 1. The van der Waals surface area contributed by atoms with Crippen LogP contribution < -0.4 is 5.32 Å². The molecule has 0 atom stereocenters. The molecule has 2 N–H and O–H groups in total. The highest BCUT2D eigenvalue weighted by molar-refractivity contribution is 7.15. The summed E-state index contributed by atoms with van der Waals surface area (Å²) in [4.78, 5) is 15.8. The number of carboxylic acids is 1. The summed E-state index contributed by atoms with van der Waals surface area (Å²) in [6, 6.07) is 7.58. The molecule has 0 saturated carbocycles. The van der Waals surface area contributed by atoms with Crippen molar-refractivity contribution in [3.63, 3.8) is 0 Å². The lowest BCUT2D eigenvalue weighted by molar-refractivity contribution is -0.136. The maximum atomic E-state index is 10.7. The molecular weight excluding hydrogens is 284 g/mol. The second kappa shape index (κ2) is 6.04. The minimum atomic E-state index is -0.843. The summed E-state index contributed by atoms with van der Waals surface area (Å²) in [6.07, 6.45) is 0.0112. The summed E-state index contributed by atoms with van der Waals surface area (Å²) < 4.78 is 0. The number of nitrogens with zero attached hydrogens (tertiary/aromatic N) is 1. The summed E-state index contributed by atoms with van der Waals surface area (Å²) in [5.41, 5.74) is 1.74. The Hall–Kier alpha value is -1.59. The Morgan fingerprint density at radius 2 is 2.21 bits per heavy atom. The Balaban J connectivity index is 2.04. The largest absolute Gasteiger partial charge is 0.481 e. The first-order valence-corrected chi connectivity index (χ1v) is 6.91. The van der Waals surface area contributed by atoms with Gasteiger partial charge in [0.05, 0.1) is 12.1 Å². The Kier molecular flexibility index (Phi) is 4.39. The molecular formula is C13H13ClN2O2S. The molecule has 0 radical (unpaired) electrons. The van der Waals surface area contributed by atoms with Crippen molar-refractivity contribution in [3.05, 3.63) is 45.4 Å². The number of anilines is 1. The summed E-state index contributed by atoms with van der Waals surface area (Å²) in [5, 5.41) is 13.4. The van der Waals surface area contributed by atoms with E-state index in [-0.39, 0.29) is 6.42 Å². The third kappa shape index (κ3) is 3.68. The molecule has 0 spiro atoms. The summed E-state index contributed by atoms with van der Waals surface area (Å²) in [7, 11) is 0. The first kappa shape index (κ1) is 13.8. The lowest BCUT2D eigenvalue weighted by Crippen LogP contribution is -1.99. The van der Waals surface area contributed by atoms with E-state index in [2.05, 4.69) is 10.3 Å². The molecule has 0 aliphatic rings. The second-order valence-electron chi connectivity index (χ2n) is 4.04. The van der Waals surface area contributed by atoms with Gasteiger partial charge in [-0.25, -0.2) is 4.98 Å². The first-order valence-electron chi connectivity index (χ1n) is 5.71. The van der Waals surface area contributed by atoms with Crippen molar-refractivity contribution in [2.75, 3.05) is 5.32 Å². The van der Waals surface area contributed by atoms with Crippen LogP contribution in [0.3, 0.4) is 0 Å². The van der Waals surface area contributed by atoms with Gasteiger partial charge in [-0.05, 0) is 18.6 Å². The van der Waals surface area contributed by atoms with Crippen molar-refractivity contribution in [2.24, 2.45) is 0 Å². The maximum Gasteiger partial charge on any atom is 0.308 e. The van der Waals surface area contributed by atoms with Crippen molar-refractivity contribution < 1.29 is 9.90 Å². The SMILES string of the molecule is Cc1nc(NCc2ccccc2Cl)sc1CC(=O)O. The van der Waals surface area contributed by atoms with E-state index in [1.807, 2.05) is 31.2 Å². The quantitative estimate of drug-likeness (QED) is 0.888. The third-order valence-corrected chi connectivity index (χ3v) is 4.08. The smallest absolute Gasteiger partial charge is 0.308 e. The van der Waals surface area contributed by atoms with Crippen LogP contribution in [0, 0.1) is 6.92 Å². The zero-order valence-corrected chi connectivity index (χ0v) is 11.9. The third-order valence-electron chi connectivity index (χ3n) is 2.59. The Morgan fingerprint density at radius 3 is 2.89 bits per heavy atom. The number of nitrogens with one attached hydrogen (secondary N) is 1. The molecule has 0 aliphatic carbocycles. The number of carbonyl (C=O) groups is 1. The zero-order chi connectivity index (χ0) is 13.8. The molecule has 0 amide bonds. The van der Waals surface area contributed by atoms with Crippen LogP contribution in [-0.2, 0) is 17.8 Å². The van der Waals surface area contributed by atoms with Crippen LogP contribution >= 0.6 is 22.9 Å². The lowest BCUT2D eigenvalue weighted by Gasteiger charge is -2.04. The Labute approximate surface area is 120 Å². The van der Waals surface area contributed by atoms with E-state index in [0.717, 1.165) is 16.1 Å². The van der Waals surface area contributed by atoms with Crippen LogP contribution in [0.5, 0.6) is 0 Å². The molecule has 0 unspecified atom stereocenters. The van der Waals surface area contributed by atoms with Crippen molar-refractivity contribution in [1.82, 2.24) is 4.98 Å². The van der Waals surface area contributed by atoms with E-state index in [1.54, 1.807) is 0 Å². The molecule has 1 aromatic carbocycles. The molecule has 100 valence electrons. The molecule has 6 heteroatoms. The summed E-state index contributed by atoms with van der Waals surface area (Å²) in [6.45, 7) is 2.38. The lowest BCUT2D eigenvalue weighted by atomic mass is 10.2. The van der Waals surface area contributed by atoms with Crippen molar-refractivity contribution in [2.45, 2.75) is 19.9 Å². The highest BCUT2D eigenvalue weighted by Crippen LogP contribution is 2.24. The zero-order valence-electron chi connectivity index (χ0n) is 10.3. The number of benzene rings is 1. The first-order chi connectivity index (χ1) is 9.06. The topological polar surface area (TPSA) is 62.2 Å². The maximum absolute atomic E-state index is 10.7. The fourth-order valence-electron chi connectivity index (χ4n) is 1.62. The van der Waals surface area contributed by atoms with Gasteiger partial charge in [-0.15, -0.1) is 11.3 Å². The molecule has 0 aliphatic heterocycles. The highest BCUT2D eigenvalue weighted by atomic mass is 35.5. The van der Waals surface area contributed by atoms with Crippen molar-refractivity contribution in [1.29, 1.82) is 0 Å². The van der Waals surface area contributed by atoms with Gasteiger partial charge in [-0.1, -0.05) is 29.8 Å². The van der Waals surface area contributed by atoms with Gasteiger partial charge in [0.1, 0.15) is 0 Å². The van der Waals surface area contributed by atoms with Crippen molar-refractivity contribution >= 4 is 34.0 Å². The Bertz CT molecular complexity index is 598. The van der Waals surface area contributed by atoms with Crippen LogP contribution in [0.1, 0.15) is 16.1 Å². The van der Waals surface area contributed by atoms with E-state index in [0.29, 0.717) is 16.7 Å². The van der Waals surface area contributed by atoms with E-state index in [4.69, 9.17) is 16.7 Å². The van der Waals surface area contributed by atoms with Crippen LogP contribution in [-0.4, -0.2) is 16.1 Å². The summed E-state index contributed by atoms with van der Waals surface area (Å²) >= 11 is 7.43. The monoisotopic (exact) mass is 296 g/mol. The van der Waals surface area contributed by atoms with Crippen LogP contribution in [0.2, 0.25) is 5.02 Å². The van der Waals surface area contributed by atoms with Gasteiger partial charge in [-0.3, -0.25) is 4.79 Å². The molecule has 2 aromatic rings. The number of thiazole rings is 1. The van der Waals surface area contributed by atoms with E-state index in [9.17, 15) is 4.79 Å². The van der Waals surface area contributed by atoms with Crippen LogP contribution in [0.4, 0.5) is 5.13 Å². The van der Waals surface area contributed by atoms with E-state index >= 15 is 0 Å². The van der Waals surface area contributed by atoms with Crippen molar-refractivity contribution in [3.8, 4) is 0 Å². The van der Waals surface area contributed by atoms with Gasteiger partial charge in [0.15, 0.2) is 5.13 Å². The number of rotatable bonds is 5. The van der Waals surface area contributed by atoms with Gasteiger partial charge in [0, 0.05) is 16.4 Å². The predicted molar refractivity (Wildman–Crippen MR) is 77.0 cm³/mol. The number of carboxylic acid groups (broad SMARTS) is 1. The van der Waals surface area contributed by atoms with Gasteiger partial charge in [0.2, 0.25) is 0 Å². The predicted octanol–water partition coefficient (Wildman–Crippen LogP) is 3.34. The number of hydrogen-bond acceptors (Lipinski definition) is 4. The van der Waals surface area contributed by atoms with Gasteiger partial charge >= 0.3 is 5.97 Å². The molecule has 2 rings (SSSR count). The number of hydrogen-bond donors (Lipinski definition) is 2. The van der Waals surface area contributed by atoms with Gasteiger partial charge < -0.3 is 10.4 Å². The standard InChI is InChI=1S/C13H13ClN2O2S/c1-8-11(6-12(17)18)19-13(16-8)15-7-9-4-2-3-5-10(9)14/h2-5H,6-7H2,1H3,(H,15,16)(H,17,18). The normalized spacial score (nSPS) is 10.4. The highest BCUT2D eigenvalue weighted by Gasteiger charge is 2.11. The minimum absolute atomic E-state index is 0.0112. The molecule has 4 nitrogen and oxygen atoms in total. The van der Waals surface area contributed by atoms with E-state index in [1.165, 1.54) is 11.3 Å². The average molecular weight is 297 g/mol.